The highest BCUT2D eigenvalue weighted by Crippen LogP contribution is 2.44. The maximum absolute atomic E-state index is 13.2. The van der Waals surface area contributed by atoms with E-state index in [0.717, 1.165) is 0 Å². The van der Waals surface area contributed by atoms with Crippen LogP contribution in [-0.4, -0.2) is 39.5 Å². The molecule has 1 aliphatic rings. The van der Waals surface area contributed by atoms with E-state index in [1.807, 2.05) is 5.38 Å². The number of fused-ring (bicyclic) bond motifs is 1. The van der Waals surface area contributed by atoms with Gasteiger partial charge < -0.3 is 14.8 Å². The molecule has 1 aromatic carbocycles. The smallest absolute Gasteiger partial charge is 0.336 e. The summed E-state index contributed by atoms with van der Waals surface area (Å²) in [5.41, 5.74) is 2.80. The Kier molecular flexibility index (Phi) is 7.27. The van der Waals surface area contributed by atoms with Gasteiger partial charge in [0.1, 0.15) is 0 Å². The summed E-state index contributed by atoms with van der Waals surface area (Å²) in [6, 6.07) is 4.70. The van der Waals surface area contributed by atoms with Gasteiger partial charge in [0.2, 0.25) is 0 Å². The molecule has 0 radical (unpaired) electrons. The number of carbonyl (C=O) groups excluding carboxylic acids is 2. The normalized spacial score (nSPS) is 14.2. The number of thiazole rings is 1. The largest absolute Gasteiger partial charge is 0.463 e. The van der Waals surface area contributed by atoms with Crippen molar-refractivity contribution in [2.75, 3.05) is 13.2 Å². The second kappa shape index (κ2) is 10.2. The number of carbonyl (C=O) groups is 2. The average Bonchev–Trinajstić information content (AvgIpc) is 3.40. The van der Waals surface area contributed by atoms with E-state index in [0.29, 0.717) is 37.8 Å². The highest BCUT2D eigenvalue weighted by molar-refractivity contribution is 9.10. The lowest BCUT2D eigenvalue weighted by Gasteiger charge is -2.30. The van der Waals surface area contributed by atoms with Gasteiger partial charge in [0.25, 0.3) is 5.69 Å². The summed E-state index contributed by atoms with van der Waals surface area (Å²) in [6.07, 6.45) is 1.79. The van der Waals surface area contributed by atoms with Crippen molar-refractivity contribution < 1.29 is 24.0 Å². The summed E-state index contributed by atoms with van der Waals surface area (Å²) in [7, 11) is 0. The van der Waals surface area contributed by atoms with Crippen LogP contribution in [0.2, 0.25) is 0 Å². The summed E-state index contributed by atoms with van der Waals surface area (Å²) in [4.78, 5) is 43.0. The molecule has 0 amide bonds. The van der Waals surface area contributed by atoms with Gasteiger partial charge in [-0.25, -0.2) is 14.6 Å². The zero-order chi connectivity index (χ0) is 26.1. The molecule has 12 heteroatoms. The number of hydrogen-bond acceptors (Lipinski definition) is 9. The van der Waals surface area contributed by atoms with E-state index < -0.39 is 22.8 Å². The molecule has 0 saturated carbocycles. The van der Waals surface area contributed by atoms with Crippen molar-refractivity contribution in [2.24, 2.45) is 0 Å². The number of nitrogens with zero attached hydrogens (tertiary/aromatic N) is 3. The zero-order valence-corrected chi connectivity index (χ0v) is 22.4. The van der Waals surface area contributed by atoms with E-state index in [2.05, 4.69) is 21.2 Å². The molecule has 0 bridgehead atoms. The van der Waals surface area contributed by atoms with Gasteiger partial charge in [-0.1, -0.05) is 6.07 Å². The molecule has 188 valence electrons. The molecule has 1 N–H and O–H groups in total. The predicted molar refractivity (Wildman–Crippen MR) is 137 cm³/mol. The first kappa shape index (κ1) is 25.6. The van der Waals surface area contributed by atoms with Gasteiger partial charge in [-0.3, -0.25) is 14.5 Å². The van der Waals surface area contributed by atoms with Crippen LogP contribution in [0.4, 0.5) is 5.69 Å². The molecule has 0 atom stereocenters. The number of hydrogen-bond donors (Lipinski definition) is 1. The highest BCUT2D eigenvalue weighted by Gasteiger charge is 2.41. The number of esters is 2. The molecule has 36 heavy (non-hydrogen) atoms. The first-order chi connectivity index (χ1) is 17.2. The molecule has 10 nitrogen and oxygen atoms in total. The number of aromatic nitrogens is 2. The number of imidazole rings is 1. The van der Waals surface area contributed by atoms with Crippen LogP contribution in [-0.2, 0) is 19.1 Å². The molecular weight excluding hydrogens is 552 g/mol. The van der Waals surface area contributed by atoms with E-state index in [1.165, 1.54) is 17.4 Å². The maximum atomic E-state index is 13.2. The number of nitro groups is 1. The molecule has 0 spiro atoms. The van der Waals surface area contributed by atoms with Crippen molar-refractivity contribution in [3.63, 3.8) is 0 Å². The van der Waals surface area contributed by atoms with Gasteiger partial charge in [-0.05, 0) is 49.7 Å². The predicted octanol–water partition coefficient (Wildman–Crippen LogP) is 5.09. The highest BCUT2D eigenvalue weighted by atomic mass is 79.9. The van der Waals surface area contributed by atoms with Gasteiger partial charge in [0.15, 0.2) is 4.96 Å². The SMILES string of the molecule is CCOC(=O)C1=C(C)NC(C)=C(C(=O)OCC)C1c1c(-c2ccc(Br)c([N+](=O)[O-])c2)nc2sccn12. The average molecular weight is 575 g/mol. The number of ether oxygens (including phenoxy) is 2. The molecular formula is C24H23BrN4O6S. The zero-order valence-electron chi connectivity index (χ0n) is 20.0. The summed E-state index contributed by atoms with van der Waals surface area (Å²) in [6.45, 7) is 7.17. The number of allylic oxidation sites excluding steroid dienone is 2. The molecule has 0 aliphatic carbocycles. The van der Waals surface area contributed by atoms with E-state index in [9.17, 15) is 19.7 Å². The standard InChI is InChI=1S/C24H23BrN4O6S/c1-5-34-22(30)17-12(3)26-13(4)18(23(31)35-6-2)19(17)21-20(27-24-28(21)9-10-36-24)14-7-8-15(25)16(11-14)29(32)33/h7-11,19,26H,5-6H2,1-4H3. The lowest BCUT2D eigenvalue weighted by atomic mass is 9.81. The quantitative estimate of drug-likeness (QED) is 0.235. The molecule has 0 unspecified atom stereocenters. The number of halogens is 1. The first-order valence-electron chi connectivity index (χ1n) is 11.1. The number of nitrogens with one attached hydrogen (secondary N) is 1. The lowest BCUT2D eigenvalue weighted by molar-refractivity contribution is -0.385. The third kappa shape index (κ3) is 4.42. The first-order valence-corrected chi connectivity index (χ1v) is 12.8. The molecule has 3 aromatic rings. The minimum Gasteiger partial charge on any atom is -0.463 e. The Bertz CT molecular complexity index is 1410. The minimum atomic E-state index is -0.897. The van der Waals surface area contributed by atoms with E-state index in [4.69, 9.17) is 14.5 Å². The maximum Gasteiger partial charge on any atom is 0.336 e. The summed E-state index contributed by atoms with van der Waals surface area (Å²) >= 11 is 4.59. The van der Waals surface area contributed by atoms with Crippen LogP contribution in [0.5, 0.6) is 0 Å². The lowest BCUT2D eigenvalue weighted by Crippen LogP contribution is -2.33. The van der Waals surface area contributed by atoms with Gasteiger partial charge >= 0.3 is 11.9 Å². The number of nitro benzene ring substituents is 1. The van der Waals surface area contributed by atoms with Gasteiger partial charge in [-0.15, -0.1) is 11.3 Å². The van der Waals surface area contributed by atoms with Crippen molar-refractivity contribution in [1.82, 2.24) is 14.7 Å². The van der Waals surface area contributed by atoms with Crippen molar-refractivity contribution in [1.29, 1.82) is 0 Å². The van der Waals surface area contributed by atoms with Crippen molar-refractivity contribution >= 4 is 49.9 Å². The molecule has 1 aliphatic heterocycles. The fourth-order valence-corrected chi connectivity index (χ4v) is 5.43. The monoisotopic (exact) mass is 574 g/mol. The topological polar surface area (TPSA) is 125 Å². The second-order valence-electron chi connectivity index (χ2n) is 7.90. The Balaban J connectivity index is 2.05. The van der Waals surface area contributed by atoms with E-state index in [-0.39, 0.29) is 30.0 Å². The third-order valence-electron chi connectivity index (χ3n) is 5.74. The van der Waals surface area contributed by atoms with E-state index >= 15 is 0 Å². The number of dihydropyridines is 1. The van der Waals surface area contributed by atoms with Crippen LogP contribution in [0, 0.1) is 10.1 Å². The van der Waals surface area contributed by atoms with Crippen LogP contribution >= 0.6 is 27.3 Å². The van der Waals surface area contributed by atoms with Crippen LogP contribution < -0.4 is 5.32 Å². The summed E-state index contributed by atoms with van der Waals surface area (Å²) in [5.74, 6) is -2.06. The summed E-state index contributed by atoms with van der Waals surface area (Å²) < 4.78 is 12.9. The van der Waals surface area contributed by atoms with Gasteiger partial charge in [-0.2, -0.15) is 0 Å². The second-order valence-corrected chi connectivity index (χ2v) is 9.63. The van der Waals surface area contributed by atoms with Crippen molar-refractivity contribution in [3.05, 3.63) is 72.6 Å². The van der Waals surface area contributed by atoms with Crippen molar-refractivity contribution in [3.8, 4) is 11.3 Å². The third-order valence-corrected chi connectivity index (χ3v) is 7.17. The van der Waals surface area contributed by atoms with Crippen LogP contribution in [0.3, 0.4) is 0 Å². The van der Waals surface area contributed by atoms with Gasteiger partial charge in [0.05, 0.1) is 51.1 Å². The van der Waals surface area contributed by atoms with Crippen LogP contribution in [0.25, 0.3) is 16.2 Å². The molecule has 0 saturated heterocycles. The van der Waals surface area contributed by atoms with Crippen molar-refractivity contribution in [2.45, 2.75) is 33.6 Å². The van der Waals surface area contributed by atoms with Crippen LogP contribution in [0.15, 0.2) is 56.8 Å². The molecule has 2 aromatic heterocycles. The Morgan fingerprint density at radius 2 is 1.78 bits per heavy atom. The summed E-state index contributed by atoms with van der Waals surface area (Å²) in [5, 5.41) is 16.6. The van der Waals surface area contributed by atoms with Gasteiger partial charge in [0, 0.05) is 34.6 Å². The van der Waals surface area contributed by atoms with E-state index in [1.54, 1.807) is 50.4 Å². The fourth-order valence-electron chi connectivity index (χ4n) is 4.32. The minimum absolute atomic E-state index is 0.130. The Morgan fingerprint density at radius 1 is 1.17 bits per heavy atom. The Morgan fingerprint density at radius 3 is 2.33 bits per heavy atom. The molecule has 3 heterocycles. The molecule has 0 fully saturated rings. The van der Waals surface area contributed by atoms with Crippen LogP contribution in [0.1, 0.15) is 39.3 Å². The Labute approximate surface area is 218 Å². The fraction of sp³-hybridized carbons (Fsp3) is 0.292. The Hall–Kier alpha value is -3.51. The number of benzene rings is 1. The number of rotatable bonds is 7. The molecule has 4 rings (SSSR count).